The van der Waals surface area contributed by atoms with Crippen LogP contribution in [0.5, 0.6) is 5.75 Å². The van der Waals surface area contributed by atoms with Gasteiger partial charge < -0.3 is 15.4 Å². The fourth-order valence-electron chi connectivity index (χ4n) is 3.23. The zero-order chi connectivity index (χ0) is 18.5. The molecule has 0 atom stereocenters. The Morgan fingerprint density at radius 2 is 1.58 bits per heavy atom. The predicted molar refractivity (Wildman–Crippen MR) is 102 cm³/mol. The molecule has 5 heteroatoms. The molecule has 0 spiro atoms. The number of amides is 2. The van der Waals surface area contributed by atoms with Crippen LogP contribution in [-0.2, 0) is 0 Å². The third-order valence-electron chi connectivity index (χ3n) is 4.70. The van der Waals surface area contributed by atoms with E-state index in [9.17, 15) is 9.59 Å². The third-order valence-corrected chi connectivity index (χ3v) is 4.70. The molecule has 1 fully saturated rings. The maximum Gasteiger partial charge on any atom is 0.255 e. The topological polar surface area (TPSA) is 67.4 Å². The van der Waals surface area contributed by atoms with Gasteiger partial charge in [-0.2, -0.15) is 0 Å². The van der Waals surface area contributed by atoms with Gasteiger partial charge in [-0.3, -0.25) is 9.59 Å². The van der Waals surface area contributed by atoms with Gasteiger partial charge in [-0.15, -0.1) is 0 Å². The molecule has 0 heterocycles. The van der Waals surface area contributed by atoms with Crippen LogP contribution in [0, 0.1) is 6.92 Å². The van der Waals surface area contributed by atoms with Gasteiger partial charge in [-0.25, -0.2) is 0 Å². The first-order valence-corrected chi connectivity index (χ1v) is 8.94. The molecule has 1 aliphatic carbocycles. The Morgan fingerprint density at radius 1 is 0.962 bits per heavy atom. The number of carbonyl (C=O) groups is 2. The van der Waals surface area contributed by atoms with Gasteiger partial charge in [-0.05, 0) is 61.7 Å². The predicted octanol–water partition coefficient (Wildman–Crippen LogP) is 3.93. The van der Waals surface area contributed by atoms with Gasteiger partial charge >= 0.3 is 0 Å². The van der Waals surface area contributed by atoms with E-state index in [4.69, 9.17) is 4.74 Å². The van der Waals surface area contributed by atoms with Gasteiger partial charge in [0.1, 0.15) is 5.75 Å². The minimum Gasteiger partial charge on any atom is -0.495 e. The molecule has 3 rings (SSSR count). The number of hydrogen-bond donors (Lipinski definition) is 2. The Hall–Kier alpha value is -2.82. The Morgan fingerprint density at radius 3 is 2.19 bits per heavy atom. The van der Waals surface area contributed by atoms with Crippen LogP contribution in [0.25, 0.3) is 0 Å². The number of rotatable bonds is 5. The van der Waals surface area contributed by atoms with Crippen molar-refractivity contribution in [2.75, 3.05) is 12.4 Å². The number of ether oxygens (including phenoxy) is 1. The van der Waals surface area contributed by atoms with E-state index in [1.807, 2.05) is 25.1 Å². The second-order valence-electron chi connectivity index (χ2n) is 6.69. The maximum atomic E-state index is 12.5. The van der Waals surface area contributed by atoms with Gasteiger partial charge in [0.05, 0.1) is 12.8 Å². The largest absolute Gasteiger partial charge is 0.495 e. The van der Waals surface area contributed by atoms with E-state index in [1.54, 1.807) is 31.4 Å². The van der Waals surface area contributed by atoms with Crippen molar-refractivity contribution >= 4 is 17.5 Å². The Bertz CT molecular complexity index is 793. The first-order chi connectivity index (χ1) is 12.6. The molecule has 2 aromatic carbocycles. The number of hydrogen-bond acceptors (Lipinski definition) is 3. The van der Waals surface area contributed by atoms with E-state index in [1.165, 1.54) is 12.8 Å². The third kappa shape index (κ3) is 4.23. The Labute approximate surface area is 153 Å². The molecule has 1 aliphatic rings. The summed E-state index contributed by atoms with van der Waals surface area (Å²) in [6.45, 7) is 1.95. The van der Waals surface area contributed by atoms with Crippen LogP contribution in [0.2, 0.25) is 0 Å². The second kappa shape index (κ2) is 8.04. The summed E-state index contributed by atoms with van der Waals surface area (Å²) in [7, 11) is 1.57. The molecule has 26 heavy (non-hydrogen) atoms. The normalized spacial score (nSPS) is 14.1. The minimum absolute atomic E-state index is 0.0794. The highest BCUT2D eigenvalue weighted by Crippen LogP contribution is 2.25. The molecule has 2 N–H and O–H groups in total. The highest BCUT2D eigenvalue weighted by atomic mass is 16.5. The lowest BCUT2D eigenvalue weighted by Gasteiger charge is -2.13. The van der Waals surface area contributed by atoms with Crippen molar-refractivity contribution in [3.63, 3.8) is 0 Å². The number of nitrogens with one attached hydrogen (secondary N) is 2. The molecule has 1 saturated carbocycles. The summed E-state index contributed by atoms with van der Waals surface area (Å²) in [5.41, 5.74) is 2.72. The van der Waals surface area contributed by atoms with Crippen LogP contribution in [0.1, 0.15) is 52.0 Å². The monoisotopic (exact) mass is 352 g/mol. The van der Waals surface area contributed by atoms with Gasteiger partial charge in [-0.1, -0.05) is 18.9 Å². The lowest BCUT2D eigenvalue weighted by molar-refractivity contribution is 0.0936. The molecule has 0 aromatic heterocycles. The SMILES string of the molecule is COc1ccc(C)cc1NC(=O)c1ccc(C(=O)NC2CCCC2)cc1. The van der Waals surface area contributed by atoms with Crippen LogP contribution < -0.4 is 15.4 Å². The standard InChI is InChI=1S/C21H24N2O3/c1-14-7-12-19(26-2)18(13-14)23-21(25)16-10-8-15(9-11-16)20(24)22-17-5-3-4-6-17/h7-13,17H,3-6H2,1-2H3,(H,22,24)(H,23,25). The van der Waals surface area contributed by atoms with E-state index in [-0.39, 0.29) is 17.9 Å². The molecule has 136 valence electrons. The van der Waals surface area contributed by atoms with Crippen molar-refractivity contribution < 1.29 is 14.3 Å². The smallest absolute Gasteiger partial charge is 0.255 e. The average molecular weight is 352 g/mol. The van der Waals surface area contributed by atoms with E-state index < -0.39 is 0 Å². The zero-order valence-corrected chi connectivity index (χ0v) is 15.2. The van der Waals surface area contributed by atoms with Crippen molar-refractivity contribution in [2.45, 2.75) is 38.6 Å². The van der Waals surface area contributed by atoms with Crippen molar-refractivity contribution in [1.29, 1.82) is 0 Å². The molecule has 2 aromatic rings. The number of benzene rings is 2. The van der Waals surface area contributed by atoms with Crippen molar-refractivity contribution in [2.24, 2.45) is 0 Å². The van der Waals surface area contributed by atoms with Gasteiger partial charge in [0.15, 0.2) is 0 Å². The van der Waals surface area contributed by atoms with E-state index in [0.29, 0.717) is 22.6 Å². The molecule has 0 aliphatic heterocycles. The van der Waals surface area contributed by atoms with Crippen LogP contribution >= 0.6 is 0 Å². The van der Waals surface area contributed by atoms with Crippen molar-refractivity contribution in [3.8, 4) is 5.75 Å². The molecule has 2 amide bonds. The lowest BCUT2D eigenvalue weighted by atomic mass is 10.1. The summed E-state index contributed by atoms with van der Waals surface area (Å²) in [5.74, 6) is 0.289. The fourth-order valence-corrected chi connectivity index (χ4v) is 3.23. The summed E-state index contributed by atoms with van der Waals surface area (Å²) in [4.78, 5) is 24.8. The van der Waals surface area contributed by atoms with Crippen LogP contribution in [0.4, 0.5) is 5.69 Å². The van der Waals surface area contributed by atoms with E-state index in [2.05, 4.69) is 10.6 Å². The first kappa shape index (κ1) is 18.0. The summed E-state index contributed by atoms with van der Waals surface area (Å²) in [5, 5.41) is 5.91. The highest BCUT2D eigenvalue weighted by molar-refractivity contribution is 6.05. The first-order valence-electron chi connectivity index (χ1n) is 8.94. The van der Waals surface area contributed by atoms with E-state index >= 15 is 0 Å². The van der Waals surface area contributed by atoms with Crippen molar-refractivity contribution in [1.82, 2.24) is 5.32 Å². The molecule has 0 radical (unpaired) electrons. The van der Waals surface area contributed by atoms with Gasteiger partial charge in [0, 0.05) is 17.2 Å². The molecular formula is C21H24N2O3. The maximum absolute atomic E-state index is 12.5. The summed E-state index contributed by atoms with van der Waals surface area (Å²) >= 11 is 0. The second-order valence-corrected chi connectivity index (χ2v) is 6.69. The fraction of sp³-hybridized carbons (Fsp3) is 0.333. The molecular weight excluding hydrogens is 328 g/mol. The number of aryl methyl sites for hydroxylation is 1. The number of methoxy groups -OCH3 is 1. The molecule has 5 nitrogen and oxygen atoms in total. The molecule has 0 unspecified atom stereocenters. The summed E-state index contributed by atoms with van der Waals surface area (Å²) < 4.78 is 5.28. The molecule has 0 bridgehead atoms. The quantitative estimate of drug-likeness (QED) is 0.857. The average Bonchev–Trinajstić information content (AvgIpc) is 3.15. The van der Waals surface area contributed by atoms with Crippen LogP contribution in [0.15, 0.2) is 42.5 Å². The Balaban J connectivity index is 1.67. The minimum atomic E-state index is -0.239. The van der Waals surface area contributed by atoms with Gasteiger partial charge in [0.25, 0.3) is 11.8 Å². The summed E-state index contributed by atoms with van der Waals surface area (Å²) in [6.07, 6.45) is 4.44. The zero-order valence-electron chi connectivity index (χ0n) is 15.2. The van der Waals surface area contributed by atoms with Crippen LogP contribution in [0.3, 0.4) is 0 Å². The van der Waals surface area contributed by atoms with Crippen LogP contribution in [-0.4, -0.2) is 25.0 Å². The number of anilines is 1. The van der Waals surface area contributed by atoms with Crippen molar-refractivity contribution in [3.05, 3.63) is 59.2 Å². The number of carbonyl (C=O) groups excluding carboxylic acids is 2. The van der Waals surface area contributed by atoms with E-state index in [0.717, 1.165) is 18.4 Å². The highest BCUT2D eigenvalue weighted by Gasteiger charge is 2.18. The van der Waals surface area contributed by atoms with Gasteiger partial charge in [0.2, 0.25) is 0 Å². The Kier molecular flexibility index (Phi) is 5.56. The molecule has 0 saturated heterocycles. The summed E-state index contributed by atoms with van der Waals surface area (Å²) in [6, 6.07) is 12.6. The lowest BCUT2D eigenvalue weighted by Crippen LogP contribution is -2.32.